The number of rotatable bonds is 9. The van der Waals surface area contributed by atoms with Crippen LogP contribution in [-0.2, 0) is 17.8 Å². The Balaban J connectivity index is 1.55. The van der Waals surface area contributed by atoms with Crippen LogP contribution in [0.4, 0.5) is 4.39 Å². The average Bonchev–Trinajstić information content (AvgIpc) is 3.50. The Labute approximate surface area is 173 Å². The molecule has 0 bridgehead atoms. The first-order valence-corrected chi connectivity index (χ1v) is 9.75. The molecule has 30 heavy (non-hydrogen) atoms. The first-order chi connectivity index (χ1) is 14.5. The second-order valence-electron chi connectivity index (χ2n) is 7.25. The van der Waals surface area contributed by atoms with Gasteiger partial charge in [0.1, 0.15) is 18.0 Å². The molecule has 0 aliphatic heterocycles. The Bertz CT molecular complexity index is 1060. The zero-order chi connectivity index (χ0) is 21.1. The van der Waals surface area contributed by atoms with Gasteiger partial charge in [-0.15, -0.1) is 0 Å². The third-order valence-electron chi connectivity index (χ3n) is 5.02. The zero-order valence-electron chi connectivity index (χ0n) is 16.5. The van der Waals surface area contributed by atoms with Gasteiger partial charge >= 0.3 is 5.97 Å². The molecule has 1 aromatic carbocycles. The van der Waals surface area contributed by atoms with Gasteiger partial charge in [0, 0.05) is 24.0 Å². The largest absolute Gasteiger partial charge is 0.489 e. The number of carbonyl (C=O) groups is 1. The molecule has 0 saturated heterocycles. The number of carboxylic acids is 1. The smallest absolute Gasteiger partial charge is 0.303 e. The standard InChI is InChI=1S/C22H22FN3O4/c1-29-20-10-19(18(23)12-24-20)26-22(15-6-7-15)16(11-25-26)13-30-17-4-2-3-14(9-17)5-8-21(27)28/h2-4,9-12,15H,5-8,13H2,1H3,(H,27,28). The molecular weight excluding hydrogens is 389 g/mol. The van der Waals surface area contributed by atoms with Crippen LogP contribution in [0, 0.1) is 5.82 Å². The van der Waals surface area contributed by atoms with Crippen molar-refractivity contribution in [2.45, 2.75) is 38.2 Å². The molecule has 1 saturated carbocycles. The number of methoxy groups -OCH3 is 1. The van der Waals surface area contributed by atoms with E-state index in [4.69, 9.17) is 14.6 Å². The van der Waals surface area contributed by atoms with Gasteiger partial charge < -0.3 is 14.6 Å². The van der Waals surface area contributed by atoms with Gasteiger partial charge in [-0.1, -0.05) is 12.1 Å². The fourth-order valence-electron chi connectivity index (χ4n) is 3.37. The molecule has 1 fully saturated rings. The van der Waals surface area contributed by atoms with Crippen LogP contribution < -0.4 is 9.47 Å². The van der Waals surface area contributed by atoms with Crippen molar-refractivity contribution in [3.8, 4) is 17.3 Å². The van der Waals surface area contributed by atoms with E-state index >= 15 is 0 Å². The van der Waals surface area contributed by atoms with Crippen molar-refractivity contribution in [3.63, 3.8) is 0 Å². The van der Waals surface area contributed by atoms with E-state index in [2.05, 4.69) is 10.1 Å². The fraction of sp³-hybridized carbons (Fsp3) is 0.318. The number of aromatic nitrogens is 3. The number of benzene rings is 1. The topological polar surface area (TPSA) is 86.5 Å². The Hall–Kier alpha value is -3.42. The monoisotopic (exact) mass is 411 g/mol. The highest BCUT2D eigenvalue weighted by atomic mass is 19.1. The molecule has 156 valence electrons. The summed E-state index contributed by atoms with van der Waals surface area (Å²) in [6.45, 7) is 0.290. The van der Waals surface area contributed by atoms with Crippen molar-refractivity contribution in [1.29, 1.82) is 0 Å². The number of pyridine rings is 1. The third-order valence-corrected chi connectivity index (χ3v) is 5.02. The van der Waals surface area contributed by atoms with Gasteiger partial charge in [-0.05, 0) is 37.0 Å². The van der Waals surface area contributed by atoms with Crippen LogP contribution in [0.3, 0.4) is 0 Å². The number of carboxylic acid groups (broad SMARTS) is 1. The summed E-state index contributed by atoms with van der Waals surface area (Å²) in [4.78, 5) is 14.7. The van der Waals surface area contributed by atoms with Crippen molar-refractivity contribution in [2.24, 2.45) is 0 Å². The van der Waals surface area contributed by atoms with Crippen molar-refractivity contribution in [3.05, 3.63) is 65.4 Å². The molecule has 2 heterocycles. The molecule has 4 rings (SSSR count). The molecule has 2 aromatic heterocycles. The molecule has 8 heteroatoms. The van der Waals surface area contributed by atoms with Gasteiger partial charge in [-0.25, -0.2) is 14.1 Å². The molecule has 0 spiro atoms. The Morgan fingerprint density at radius 3 is 2.87 bits per heavy atom. The van der Waals surface area contributed by atoms with Crippen LogP contribution in [0.25, 0.3) is 5.69 Å². The van der Waals surface area contributed by atoms with Crippen molar-refractivity contribution in [2.75, 3.05) is 7.11 Å². The predicted octanol–water partition coefficient (Wildman–Crippen LogP) is 3.89. The number of aliphatic carboxylic acids is 1. The summed E-state index contributed by atoms with van der Waals surface area (Å²) in [6, 6.07) is 8.93. The Morgan fingerprint density at radius 2 is 2.13 bits per heavy atom. The maximum absolute atomic E-state index is 14.4. The molecule has 7 nitrogen and oxygen atoms in total. The molecule has 0 atom stereocenters. The normalized spacial score (nSPS) is 13.3. The highest BCUT2D eigenvalue weighted by Gasteiger charge is 2.31. The molecule has 1 aliphatic rings. The minimum Gasteiger partial charge on any atom is -0.489 e. The summed E-state index contributed by atoms with van der Waals surface area (Å²) in [5, 5.41) is 13.3. The summed E-state index contributed by atoms with van der Waals surface area (Å²) in [5.74, 6) is -0.0162. The van der Waals surface area contributed by atoms with Gasteiger partial charge in [0.25, 0.3) is 0 Å². The molecule has 0 radical (unpaired) electrons. The van der Waals surface area contributed by atoms with Gasteiger partial charge in [0.2, 0.25) is 5.88 Å². The van der Waals surface area contributed by atoms with E-state index in [0.29, 0.717) is 29.7 Å². The van der Waals surface area contributed by atoms with Crippen LogP contribution in [0.5, 0.6) is 11.6 Å². The van der Waals surface area contributed by atoms with E-state index in [0.717, 1.165) is 35.9 Å². The van der Waals surface area contributed by atoms with E-state index in [-0.39, 0.29) is 13.0 Å². The number of hydrogen-bond donors (Lipinski definition) is 1. The first kappa shape index (κ1) is 19.9. The number of aryl methyl sites for hydroxylation is 1. The summed E-state index contributed by atoms with van der Waals surface area (Å²) < 4.78 is 27.1. The number of hydrogen-bond acceptors (Lipinski definition) is 5. The van der Waals surface area contributed by atoms with Crippen molar-refractivity contribution in [1.82, 2.24) is 14.8 Å². The minimum absolute atomic E-state index is 0.0724. The third kappa shape index (κ3) is 4.42. The predicted molar refractivity (Wildman–Crippen MR) is 107 cm³/mol. The van der Waals surface area contributed by atoms with E-state index < -0.39 is 11.8 Å². The number of ether oxygens (including phenoxy) is 2. The zero-order valence-corrected chi connectivity index (χ0v) is 16.5. The van der Waals surface area contributed by atoms with E-state index in [9.17, 15) is 9.18 Å². The van der Waals surface area contributed by atoms with Gasteiger partial charge in [0.15, 0.2) is 5.82 Å². The molecule has 0 unspecified atom stereocenters. The first-order valence-electron chi connectivity index (χ1n) is 9.75. The SMILES string of the molecule is COc1cc(-n2ncc(COc3cccc(CCC(=O)O)c3)c2C2CC2)c(F)cn1. The molecule has 3 aromatic rings. The lowest BCUT2D eigenvalue weighted by Crippen LogP contribution is -2.07. The maximum atomic E-state index is 14.4. The lowest BCUT2D eigenvalue weighted by Gasteiger charge is -2.12. The van der Waals surface area contributed by atoms with Gasteiger partial charge in [-0.2, -0.15) is 5.10 Å². The molecule has 0 amide bonds. The van der Waals surface area contributed by atoms with E-state index in [1.54, 1.807) is 10.9 Å². The van der Waals surface area contributed by atoms with E-state index in [1.807, 2.05) is 24.3 Å². The lowest BCUT2D eigenvalue weighted by molar-refractivity contribution is -0.136. The van der Waals surface area contributed by atoms with E-state index in [1.165, 1.54) is 13.2 Å². The average molecular weight is 411 g/mol. The molecular formula is C22H22FN3O4. The second-order valence-corrected chi connectivity index (χ2v) is 7.25. The number of nitrogens with zero attached hydrogens (tertiary/aromatic N) is 3. The quantitative estimate of drug-likeness (QED) is 0.575. The minimum atomic E-state index is -0.831. The van der Waals surface area contributed by atoms with Crippen molar-refractivity contribution < 1.29 is 23.8 Å². The summed E-state index contributed by atoms with van der Waals surface area (Å²) in [7, 11) is 1.48. The second kappa shape index (κ2) is 8.52. The van der Waals surface area contributed by atoms with Gasteiger partial charge in [0.05, 0.1) is 25.2 Å². The highest BCUT2D eigenvalue weighted by Crippen LogP contribution is 2.43. The summed E-state index contributed by atoms with van der Waals surface area (Å²) in [5.41, 5.74) is 3.03. The number of halogens is 1. The summed E-state index contributed by atoms with van der Waals surface area (Å²) in [6.07, 6.45) is 5.39. The Morgan fingerprint density at radius 1 is 1.30 bits per heavy atom. The lowest BCUT2D eigenvalue weighted by atomic mass is 10.1. The van der Waals surface area contributed by atoms with Crippen LogP contribution in [0.2, 0.25) is 0 Å². The van der Waals surface area contributed by atoms with Crippen LogP contribution in [0.15, 0.2) is 42.7 Å². The summed E-state index contributed by atoms with van der Waals surface area (Å²) >= 11 is 0. The van der Waals surface area contributed by atoms with Crippen molar-refractivity contribution >= 4 is 5.97 Å². The Kier molecular flexibility index (Phi) is 5.65. The van der Waals surface area contributed by atoms with Gasteiger partial charge in [-0.3, -0.25) is 4.79 Å². The maximum Gasteiger partial charge on any atom is 0.303 e. The fourth-order valence-corrected chi connectivity index (χ4v) is 3.37. The van der Waals surface area contributed by atoms with Crippen LogP contribution in [0.1, 0.15) is 42.0 Å². The highest BCUT2D eigenvalue weighted by molar-refractivity contribution is 5.67. The molecule has 1 aliphatic carbocycles. The molecule has 1 N–H and O–H groups in total. The van der Waals surface area contributed by atoms with Crippen LogP contribution in [-0.4, -0.2) is 33.0 Å². The van der Waals surface area contributed by atoms with Crippen LogP contribution >= 0.6 is 0 Å².